The van der Waals surface area contributed by atoms with E-state index in [9.17, 15) is 8.78 Å². The van der Waals surface area contributed by atoms with Gasteiger partial charge in [-0.05, 0) is 37.9 Å². The molecule has 0 saturated carbocycles. The van der Waals surface area contributed by atoms with Crippen molar-refractivity contribution in [3.63, 3.8) is 0 Å². The van der Waals surface area contributed by atoms with Crippen LogP contribution in [-0.4, -0.2) is 7.05 Å². The maximum Gasteiger partial charge on any atom is 0.163 e. The van der Waals surface area contributed by atoms with E-state index >= 15 is 0 Å². The molecule has 0 radical (unpaired) electrons. The molecule has 0 aliphatic carbocycles. The van der Waals surface area contributed by atoms with Crippen LogP contribution < -0.4 is 5.32 Å². The van der Waals surface area contributed by atoms with Crippen molar-refractivity contribution in [1.82, 2.24) is 5.32 Å². The van der Waals surface area contributed by atoms with E-state index in [-0.39, 0.29) is 6.04 Å². The third kappa shape index (κ3) is 3.23. The van der Waals surface area contributed by atoms with Crippen LogP contribution in [-0.2, 0) is 6.42 Å². The number of hydrogen-bond donors (Lipinski definition) is 1. The lowest BCUT2D eigenvalue weighted by molar-refractivity contribution is 0.460. The second-order valence-corrected chi connectivity index (χ2v) is 4.97. The molecule has 1 N–H and O–H groups in total. The van der Waals surface area contributed by atoms with Crippen LogP contribution in [0.5, 0.6) is 0 Å². The Labute approximate surface area is 118 Å². The zero-order chi connectivity index (χ0) is 14.5. The molecule has 2 aromatic carbocycles. The van der Waals surface area contributed by atoms with E-state index in [1.165, 1.54) is 5.56 Å². The number of benzene rings is 2. The molecular formula is C17H19F2N. The van der Waals surface area contributed by atoms with Crippen molar-refractivity contribution >= 4 is 0 Å². The maximum absolute atomic E-state index is 14.0. The fourth-order valence-corrected chi connectivity index (χ4v) is 2.34. The van der Waals surface area contributed by atoms with E-state index in [0.29, 0.717) is 11.1 Å². The van der Waals surface area contributed by atoms with Crippen molar-refractivity contribution < 1.29 is 8.78 Å². The quantitative estimate of drug-likeness (QED) is 0.863. The number of aryl methyl sites for hydroxylation is 2. The fraction of sp³-hybridized carbons (Fsp3) is 0.294. The average Bonchev–Trinajstić information content (AvgIpc) is 2.48. The van der Waals surface area contributed by atoms with Crippen molar-refractivity contribution in [3.05, 3.63) is 70.8 Å². The van der Waals surface area contributed by atoms with Gasteiger partial charge in [-0.25, -0.2) is 8.78 Å². The van der Waals surface area contributed by atoms with Gasteiger partial charge in [0, 0.05) is 11.6 Å². The predicted molar refractivity (Wildman–Crippen MR) is 77.7 cm³/mol. The summed E-state index contributed by atoms with van der Waals surface area (Å²) in [7, 11) is 1.77. The monoisotopic (exact) mass is 275 g/mol. The summed E-state index contributed by atoms with van der Waals surface area (Å²) >= 11 is 0. The molecule has 3 heteroatoms. The first-order valence-electron chi connectivity index (χ1n) is 6.79. The van der Waals surface area contributed by atoms with Crippen molar-refractivity contribution in [2.24, 2.45) is 0 Å². The van der Waals surface area contributed by atoms with Crippen LogP contribution in [0.15, 0.2) is 42.5 Å². The number of hydrogen-bond acceptors (Lipinski definition) is 1. The van der Waals surface area contributed by atoms with Gasteiger partial charge in [-0.3, -0.25) is 0 Å². The first kappa shape index (κ1) is 14.7. The van der Waals surface area contributed by atoms with Crippen molar-refractivity contribution in [2.75, 3.05) is 7.05 Å². The van der Waals surface area contributed by atoms with Crippen LogP contribution in [0.4, 0.5) is 8.78 Å². The topological polar surface area (TPSA) is 12.0 Å². The van der Waals surface area contributed by atoms with Gasteiger partial charge in [0.25, 0.3) is 0 Å². The van der Waals surface area contributed by atoms with Crippen LogP contribution in [0.1, 0.15) is 29.2 Å². The Kier molecular flexibility index (Phi) is 4.85. The molecule has 20 heavy (non-hydrogen) atoms. The molecule has 1 nitrogen and oxygen atoms in total. The number of rotatable bonds is 5. The third-order valence-corrected chi connectivity index (χ3v) is 3.59. The Morgan fingerprint density at radius 2 is 1.70 bits per heavy atom. The van der Waals surface area contributed by atoms with Gasteiger partial charge in [-0.2, -0.15) is 0 Å². The Bertz CT molecular complexity index is 567. The highest BCUT2D eigenvalue weighted by atomic mass is 19.2. The normalized spacial score (nSPS) is 12.4. The van der Waals surface area contributed by atoms with Gasteiger partial charge in [0.2, 0.25) is 0 Å². The molecule has 106 valence electrons. The first-order valence-corrected chi connectivity index (χ1v) is 6.79. The zero-order valence-electron chi connectivity index (χ0n) is 11.8. The second-order valence-electron chi connectivity index (χ2n) is 4.97. The van der Waals surface area contributed by atoms with Crippen LogP contribution in [0.3, 0.4) is 0 Å². The number of nitrogens with one attached hydrogen (secondary N) is 1. The molecule has 2 aromatic rings. The van der Waals surface area contributed by atoms with Gasteiger partial charge < -0.3 is 5.32 Å². The Morgan fingerprint density at radius 3 is 2.35 bits per heavy atom. The molecule has 1 atom stereocenters. The lowest BCUT2D eigenvalue weighted by Gasteiger charge is -2.18. The molecule has 0 saturated heterocycles. The van der Waals surface area contributed by atoms with Gasteiger partial charge in [-0.15, -0.1) is 0 Å². The Hall–Kier alpha value is -1.74. The summed E-state index contributed by atoms with van der Waals surface area (Å²) in [6.45, 7) is 1.57. The summed E-state index contributed by atoms with van der Waals surface area (Å²) in [5.74, 6) is -1.49. The van der Waals surface area contributed by atoms with Gasteiger partial charge in [0.15, 0.2) is 11.6 Å². The summed E-state index contributed by atoms with van der Waals surface area (Å²) in [5.41, 5.74) is 1.93. The summed E-state index contributed by atoms with van der Waals surface area (Å²) in [5, 5.41) is 3.07. The lowest BCUT2D eigenvalue weighted by atomic mass is 9.97. The highest BCUT2D eigenvalue weighted by Gasteiger charge is 2.18. The SMILES string of the molecule is CNC(CCc1ccccc1)c1ccc(C)c(F)c1F. The van der Waals surface area contributed by atoms with E-state index in [1.807, 2.05) is 30.3 Å². The highest BCUT2D eigenvalue weighted by molar-refractivity contribution is 5.28. The Balaban J connectivity index is 2.15. The molecule has 0 aliphatic heterocycles. The van der Waals surface area contributed by atoms with Crippen molar-refractivity contribution in [1.29, 1.82) is 0 Å². The fourth-order valence-electron chi connectivity index (χ4n) is 2.34. The first-order chi connectivity index (χ1) is 9.63. The van der Waals surface area contributed by atoms with Gasteiger partial charge in [0.1, 0.15) is 0 Å². The second kappa shape index (κ2) is 6.62. The van der Waals surface area contributed by atoms with Crippen molar-refractivity contribution in [3.8, 4) is 0 Å². The van der Waals surface area contributed by atoms with Gasteiger partial charge in [0.05, 0.1) is 0 Å². The number of halogens is 2. The largest absolute Gasteiger partial charge is 0.313 e. The van der Waals surface area contributed by atoms with E-state index in [4.69, 9.17) is 0 Å². The van der Waals surface area contributed by atoms with Crippen LogP contribution in [0.2, 0.25) is 0 Å². The minimum absolute atomic E-state index is 0.190. The van der Waals surface area contributed by atoms with Gasteiger partial charge >= 0.3 is 0 Å². The summed E-state index contributed by atoms with van der Waals surface area (Å²) < 4.78 is 27.7. The molecule has 0 heterocycles. The van der Waals surface area contributed by atoms with E-state index in [1.54, 1.807) is 26.1 Å². The summed E-state index contributed by atoms with van der Waals surface area (Å²) in [4.78, 5) is 0. The average molecular weight is 275 g/mol. The van der Waals surface area contributed by atoms with Crippen molar-refractivity contribution in [2.45, 2.75) is 25.8 Å². The molecule has 0 amide bonds. The van der Waals surface area contributed by atoms with Crippen LogP contribution in [0, 0.1) is 18.6 Å². The molecule has 0 fully saturated rings. The molecular weight excluding hydrogens is 256 g/mol. The zero-order valence-corrected chi connectivity index (χ0v) is 11.8. The molecule has 0 aromatic heterocycles. The van der Waals surface area contributed by atoms with Crippen LogP contribution in [0.25, 0.3) is 0 Å². The molecule has 0 aliphatic rings. The molecule has 0 spiro atoms. The van der Waals surface area contributed by atoms with E-state index < -0.39 is 11.6 Å². The highest BCUT2D eigenvalue weighted by Crippen LogP contribution is 2.25. The summed E-state index contributed by atoms with van der Waals surface area (Å²) in [6.07, 6.45) is 1.54. The maximum atomic E-state index is 14.0. The van der Waals surface area contributed by atoms with E-state index in [2.05, 4.69) is 5.32 Å². The van der Waals surface area contributed by atoms with Crippen LogP contribution >= 0.6 is 0 Å². The summed E-state index contributed by atoms with van der Waals surface area (Å²) in [6, 6.07) is 13.1. The van der Waals surface area contributed by atoms with E-state index in [0.717, 1.165) is 12.8 Å². The third-order valence-electron chi connectivity index (χ3n) is 3.59. The molecule has 2 rings (SSSR count). The van der Waals surface area contributed by atoms with Gasteiger partial charge in [-0.1, -0.05) is 42.5 Å². The smallest absolute Gasteiger partial charge is 0.163 e. The predicted octanol–water partition coefficient (Wildman–Crippen LogP) is 4.17. The standard InChI is InChI=1S/C17H19F2N/c1-12-8-10-14(17(19)16(12)18)15(20-2)11-9-13-6-4-3-5-7-13/h3-8,10,15,20H,9,11H2,1-2H3. The molecule has 1 unspecified atom stereocenters. The lowest BCUT2D eigenvalue weighted by Crippen LogP contribution is -2.19. The Morgan fingerprint density at radius 1 is 1.00 bits per heavy atom. The minimum atomic E-state index is -0.748. The minimum Gasteiger partial charge on any atom is -0.313 e. The molecule has 0 bridgehead atoms.